The van der Waals surface area contributed by atoms with Gasteiger partial charge in [-0.05, 0) is 93.0 Å². The molecular weight excluding hydrogens is 695 g/mol. The molecule has 0 radical (unpaired) electrons. The number of benzene rings is 8. The molecule has 0 bridgehead atoms. The zero-order valence-corrected chi connectivity index (χ0v) is 31.5. The Morgan fingerprint density at radius 2 is 1.05 bits per heavy atom. The molecule has 0 atom stereocenters. The van der Waals surface area contributed by atoms with Gasteiger partial charge in [0, 0.05) is 37.9 Å². The molecule has 1 aliphatic carbocycles. The molecule has 0 saturated carbocycles. The Kier molecular flexibility index (Phi) is 6.65. The molecule has 268 valence electrons. The highest BCUT2D eigenvalue weighted by atomic mass is 16.3. The van der Waals surface area contributed by atoms with Gasteiger partial charge in [-0.15, -0.1) is 0 Å². The number of para-hydroxylation sites is 3. The monoisotopic (exact) mass is 729 g/mol. The van der Waals surface area contributed by atoms with Gasteiger partial charge in [-0.3, -0.25) is 4.57 Å². The Hall–Kier alpha value is -7.30. The summed E-state index contributed by atoms with van der Waals surface area (Å²) in [4.78, 5) is 10.6. The molecule has 0 fully saturated rings. The highest BCUT2D eigenvalue weighted by molar-refractivity contribution is 6.11. The van der Waals surface area contributed by atoms with Crippen LogP contribution >= 0.6 is 0 Å². The average Bonchev–Trinajstić information content (AvgIpc) is 3.87. The minimum atomic E-state index is -0.142. The summed E-state index contributed by atoms with van der Waals surface area (Å²) in [6.45, 7) is 4.65. The van der Waals surface area contributed by atoms with Crippen molar-refractivity contribution in [1.82, 2.24) is 14.5 Å². The van der Waals surface area contributed by atoms with Crippen molar-refractivity contribution >= 4 is 54.6 Å². The lowest BCUT2D eigenvalue weighted by Crippen LogP contribution is -2.14. The van der Waals surface area contributed by atoms with Gasteiger partial charge in [0.1, 0.15) is 11.2 Å². The lowest BCUT2D eigenvalue weighted by molar-refractivity contribution is 0.647. The second kappa shape index (κ2) is 11.8. The maximum atomic E-state index is 6.33. The van der Waals surface area contributed by atoms with Crippen LogP contribution in [0, 0.1) is 0 Å². The van der Waals surface area contributed by atoms with E-state index in [1.54, 1.807) is 0 Å². The maximum absolute atomic E-state index is 6.33. The van der Waals surface area contributed by atoms with E-state index in [0.717, 1.165) is 55.1 Å². The average molecular weight is 730 g/mol. The molecule has 11 aromatic rings. The largest absolute Gasteiger partial charge is 0.456 e. The lowest BCUT2D eigenvalue weighted by atomic mass is 9.82. The second-order valence-corrected chi connectivity index (χ2v) is 15.8. The molecule has 0 spiro atoms. The van der Waals surface area contributed by atoms with Gasteiger partial charge in [0.05, 0.1) is 22.2 Å². The van der Waals surface area contributed by atoms with E-state index in [1.807, 2.05) is 6.07 Å². The quantitative estimate of drug-likeness (QED) is 0.181. The number of hydrogen-bond acceptors (Lipinski definition) is 3. The van der Waals surface area contributed by atoms with E-state index in [2.05, 4.69) is 188 Å². The van der Waals surface area contributed by atoms with E-state index in [1.165, 1.54) is 55.3 Å². The second-order valence-electron chi connectivity index (χ2n) is 15.8. The first-order chi connectivity index (χ1) is 28.0. The highest BCUT2D eigenvalue weighted by Crippen LogP contribution is 2.52. The zero-order valence-electron chi connectivity index (χ0n) is 31.5. The maximum Gasteiger partial charge on any atom is 0.235 e. The van der Waals surface area contributed by atoms with E-state index >= 15 is 0 Å². The normalized spacial score (nSPS) is 13.2. The van der Waals surface area contributed by atoms with Crippen molar-refractivity contribution in [3.05, 3.63) is 187 Å². The summed E-state index contributed by atoms with van der Waals surface area (Å²) in [7, 11) is 0. The molecule has 3 heterocycles. The number of nitrogens with zero attached hydrogens (tertiary/aromatic N) is 3. The molecule has 0 unspecified atom stereocenters. The van der Waals surface area contributed by atoms with Crippen LogP contribution in [0.4, 0.5) is 0 Å². The summed E-state index contributed by atoms with van der Waals surface area (Å²) in [5, 5.41) is 5.68. The molecule has 57 heavy (non-hydrogen) atoms. The fraction of sp³-hybridized carbons (Fsp3) is 0.0566. The van der Waals surface area contributed by atoms with Gasteiger partial charge < -0.3 is 4.42 Å². The van der Waals surface area contributed by atoms with E-state index < -0.39 is 0 Å². The van der Waals surface area contributed by atoms with Gasteiger partial charge in [-0.2, -0.15) is 0 Å². The number of fused-ring (bicyclic) bond motifs is 10. The van der Waals surface area contributed by atoms with Crippen molar-refractivity contribution in [3.63, 3.8) is 0 Å². The van der Waals surface area contributed by atoms with Crippen molar-refractivity contribution in [2.24, 2.45) is 0 Å². The summed E-state index contributed by atoms with van der Waals surface area (Å²) in [6, 6.07) is 62.9. The number of aromatic nitrogens is 3. The lowest BCUT2D eigenvalue weighted by Gasteiger charge is -2.21. The Bertz CT molecular complexity index is 3420. The highest BCUT2D eigenvalue weighted by Gasteiger charge is 2.36. The fourth-order valence-corrected chi connectivity index (χ4v) is 9.35. The van der Waals surface area contributed by atoms with Gasteiger partial charge in [0.15, 0.2) is 0 Å². The standard InChI is InChI=1S/C53H35N3O/c1-53(2)44-26-24-35(28-40(44)41-30-43-38-15-8-11-19-49(38)57-50(43)31-45(41)53)36-25-27-48-42(29-36)37-14-7-10-18-47(37)56(48)52-54-46-17-9-6-16-39(46)51(55-52)34-22-20-33(21-23-34)32-12-4-3-5-13-32/h3-31H,1-2H3. The van der Waals surface area contributed by atoms with Crippen LogP contribution < -0.4 is 0 Å². The first-order valence-electron chi connectivity index (χ1n) is 19.6. The van der Waals surface area contributed by atoms with E-state index in [-0.39, 0.29) is 5.41 Å². The van der Waals surface area contributed by atoms with Crippen LogP contribution in [0.15, 0.2) is 180 Å². The molecule has 3 aromatic heterocycles. The predicted octanol–water partition coefficient (Wildman–Crippen LogP) is 13.9. The van der Waals surface area contributed by atoms with Crippen molar-refractivity contribution < 1.29 is 4.42 Å². The van der Waals surface area contributed by atoms with Crippen molar-refractivity contribution in [3.8, 4) is 50.6 Å². The van der Waals surface area contributed by atoms with Crippen molar-refractivity contribution in [2.75, 3.05) is 0 Å². The topological polar surface area (TPSA) is 43.9 Å². The van der Waals surface area contributed by atoms with E-state index in [4.69, 9.17) is 14.4 Å². The minimum Gasteiger partial charge on any atom is -0.456 e. The molecule has 4 heteroatoms. The SMILES string of the molecule is CC1(C)c2ccc(-c3ccc4c(c3)c3ccccc3n4-c3nc(-c4ccc(-c5ccccc5)cc4)c4ccccc4n3)cc2-c2cc3c(cc21)oc1ccccc13. The van der Waals surface area contributed by atoms with Gasteiger partial charge in [-0.25, -0.2) is 9.97 Å². The van der Waals surface area contributed by atoms with Crippen LogP contribution in [0.2, 0.25) is 0 Å². The zero-order chi connectivity index (χ0) is 37.8. The molecule has 0 aliphatic heterocycles. The molecule has 0 saturated heterocycles. The first kappa shape index (κ1) is 32.0. The van der Waals surface area contributed by atoms with Crippen LogP contribution in [0.25, 0.3) is 105 Å². The predicted molar refractivity (Wildman–Crippen MR) is 235 cm³/mol. The third-order valence-corrected chi connectivity index (χ3v) is 12.2. The Morgan fingerprint density at radius 1 is 0.421 bits per heavy atom. The number of hydrogen-bond donors (Lipinski definition) is 0. The minimum absolute atomic E-state index is 0.142. The van der Waals surface area contributed by atoms with Gasteiger partial charge in [-0.1, -0.05) is 141 Å². The Labute approximate surface area is 329 Å². The van der Waals surface area contributed by atoms with E-state index in [0.29, 0.717) is 5.95 Å². The molecule has 0 amide bonds. The molecule has 8 aromatic carbocycles. The fourth-order valence-electron chi connectivity index (χ4n) is 9.35. The van der Waals surface area contributed by atoms with Crippen LogP contribution in [0.5, 0.6) is 0 Å². The number of rotatable bonds is 4. The van der Waals surface area contributed by atoms with Gasteiger partial charge in [0.2, 0.25) is 5.95 Å². The summed E-state index contributed by atoms with van der Waals surface area (Å²) in [5.41, 5.74) is 16.7. The van der Waals surface area contributed by atoms with E-state index in [9.17, 15) is 0 Å². The van der Waals surface area contributed by atoms with Crippen LogP contribution in [-0.2, 0) is 5.41 Å². The van der Waals surface area contributed by atoms with Crippen molar-refractivity contribution in [1.29, 1.82) is 0 Å². The molecule has 0 N–H and O–H groups in total. The molecular formula is C53H35N3O. The summed E-state index contributed by atoms with van der Waals surface area (Å²) >= 11 is 0. The third-order valence-electron chi connectivity index (χ3n) is 12.2. The number of furan rings is 1. The molecule has 12 rings (SSSR count). The van der Waals surface area contributed by atoms with Gasteiger partial charge in [0.25, 0.3) is 0 Å². The van der Waals surface area contributed by atoms with Crippen LogP contribution in [0.1, 0.15) is 25.0 Å². The van der Waals surface area contributed by atoms with Crippen molar-refractivity contribution in [2.45, 2.75) is 19.3 Å². The van der Waals surface area contributed by atoms with Crippen LogP contribution in [-0.4, -0.2) is 14.5 Å². The summed E-state index contributed by atoms with van der Waals surface area (Å²) < 4.78 is 8.56. The molecule has 1 aliphatic rings. The summed E-state index contributed by atoms with van der Waals surface area (Å²) in [5.74, 6) is 0.657. The van der Waals surface area contributed by atoms with Gasteiger partial charge >= 0.3 is 0 Å². The summed E-state index contributed by atoms with van der Waals surface area (Å²) in [6.07, 6.45) is 0. The van der Waals surface area contributed by atoms with Crippen LogP contribution in [0.3, 0.4) is 0 Å². The smallest absolute Gasteiger partial charge is 0.235 e. The Balaban J connectivity index is 1.00. The molecule has 4 nitrogen and oxygen atoms in total. The third kappa shape index (κ3) is 4.74. The Morgan fingerprint density at radius 3 is 1.91 bits per heavy atom. The first-order valence-corrected chi connectivity index (χ1v) is 19.6.